The molecule has 0 bridgehead atoms. The van der Waals surface area contributed by atoms with Crippen molar-refractivity contribution in [1.82, 2.24) is 4.72 Å². The number of sulfonamides is 1. The van der Waals surface area contributed by atoms with Gasteiger partial charge in [0.05, 0.1) is 11.9 Å². The standard InChI is InChI=1S/C13H18FNO3S/c1-15-19(16,17)13-6-7-18-9-11(13)8-10-4-2-3-5-12(10)14/h2-5,11,13,15H,6-9H2,1H3/t11-,13-/m1/s1. The van der Waals surface area contributed by atoms with E-state index in [-0.39, 0.29) is 11.7 Å². The van der Waals surface area contributed by atoms with Crippen LogP contribution in [0.3, 0.4) is 0 Å². The predicted molar refractivity (Wildman–Crippen MR) is 70.8 cm³/mol. The van der Waals surface area contributed by atoms with Gasteiger partial charge in [0.15, 0.2) is 0 Å². The quantitative estimate of drug-likeness (QED) is 0.909. The van der Waals surface area contributed by atoms with Crippen molar-refractivity contribution in [3.63, 3.8) is 0 Å². The van der Waals surface area contributed by atoms with E-state index in [4.69, 9.17) is 4.74 Å². The summed E-state index contributed by atoms with van der Waals surface area (Å²) in [6, 6.07) is 6.45. The molecule has 0 radical (unpaired) electrons. The summed E-state index contributed by atoms with van der Waals surface area (Å²) in [5.74, 6) is -0.517. The third kappa shape index (κ3) is 3.32. The molecule has 1 aliphatic heterocycles. The molecule has 6 heteroatoms. The van der Waals surface area contributed by atoms with E-state index in [9.17, 15) is 12.8 Å². The maximum atomic E-state index is 13.6. The molecule has 1 aliphatic rings. The summed E-state index contributed by atoms with van der Waals surface area (Å²) in [5, 5.41) is -0.522. The molecule has 0 unspecified atom stereocenters. The van der Waals surface area contributed by atoms with Gasteiger partial charge in [-0.15, -0.1) is 0 Å². The summed E-state index contributed by atoms with van der Waals surface area (Å²) in [6.07, 6.45) is 0.820. The smallest absolute Gasteiger partial charge is 0.214 e. The number of rotatable bonds is 4. The molecule has 1 aromatic rings. The maximum Gasteiger partial charge on any atom is 0.214 e. The fourth-order valence-corrected chi connectivity index (χ4v) is 3.86. The Kier molecular flexibility index (Phi) is 4.54. The lowest BCUT2D eigenvalue weighted by molar-refractivity contribution is 0.0568. The Labute approximate surface area is 113 Å². The normalized spacial score (nSPS) is 24.3. The van der Waals surface area contributed by atoms with Gasteiger partial charge >= 0.3 is 0 Å². The van der Waals surface area contributed by atoms with E-state index in [1.807, 2.05) is 0 Å². The second-order valence-electron chi connectivity index (χ2n) is 4.71. The second-order valence-corrected chi connectivity index (χ2v) is 6.81. The summed E-state index contributed by atoms with van der Waals surface area (Å²) in [4.78, 5) is 0. The summed E-state index contributed by atoms with van der Waals surface area (Å²) in [7, 11) is -1.95. The van der Waals surface area contributed by atoms with Crippen LogP contribution in [0.15, 0.2) is 24.3 Å². The van der Waals surface area contributed by atoms with Crippen LogP contribution in [-0.2, 0) is 21.2 Å². The van der Waals surface area contributed by atoms with Crippen LogP contribution in [0.4, 0.5) is 4.39 Å². The lowest BCUT2D eigenvalue weighted by Gasteiger charge is -2.31. The summed E-state index contributed by atoms with van der Waals surface area (Å²) in [5.41, 5.74) is 0.536. The number of hydrogen-bond acceptors (Lipinski definition) is 3. The topological polar surface area (TPSA) is 55.4 Å². The van der Waals surface area contributed by atoms with Crippen molar-refractivity contribution in [1.29, 1.82) is 0 Å². The first kappa shape index (κ1) is 14.4. The first-order valence-electron chi connectivity index (χ1n) is 6.28. The second kappa shape index (κ2) is 5.98. The fourth-order valence-electron chi connectivity index (χ4n) is 2.47. The van der Waals surface area contributed by atoms with Crippen molar-refractivity contribution in [2.75, 3.05) is 20.3 Å². The molecule has 4 nitrogen and oxygen atoms in total. The SMILES string of the molecule is CNS(=O)(=O)[C@@H]1CCOC[C@H]1Cc1ccccc1F. The van der Waals surface area contributed by atoms with Crippen molar-refractivity contribution >= 4 is 10.0 Å². The van der Waals surface area contributed by atoms with Gasteiger partial charge in [-0.3, -0.25) is 0 Å². The van der Waals surface area contributed by atoms with Gasteiger partial charge in [-0.2, -0.15) is 0 Å². The van der Waals surface area contributed by atoms with E-state index in [1.165, 1.54) is 13.1 Å². The molecule has 0 amide bonds. The van der Waals surface area contributed by atoms with Crippen LogP contribution in [0, 0.1) is 11.7 Å². The third-order valence-electron chi connectivity index (χ3n) is 3.53. The van der Waals surface area contributed by atoms with Crippen LogP contribution in [0.5, 0.6) is 0 Å². The predicted octanol–water partition coefficient (Wildman–Crippen LogP) is 1.32. The van der Waals surface area contributed by atoms with Crippen LogP contribution in [-0.4, -0.2) is 33.9 Å². The zero-order chi connectivity index (χ0) is 13.9. The largest absolute Gasteiger partial charge is 0.381 e. The van der Waals surface area contributed by atoms with Gasteiger partial charge in [0.1, 0.15) is 5.82 Å². The molecule has 1 heterocycles. The molecule has 0 spiro atoms. The van der Waals surface area contributed by atoms with E-state index < -0.39 is 15.3 Å². The molecule has 19 heavy (non-hydrogen) atoms. The molecular formula is C13H18FNO3S. The highest BCUT2D eigenvalue weighted by molar-refractivity contribution is 7.90. The van der Waals surface area contributed by atoms with Gasteiger partial charge in [0, 0.05) is 12.5 Å². The summed E-state index contributed by atoms with van der Waals surface area (Å²) < 4.78 is 45.3. The Morgan fingerprint density at radius 3 is 2.84 bits per heavy atom. The van der Waals surface area contributed by atoms with Crippen molar-refractivity contribution in [2.45, 2.75) is 18.1 Å². The molecule has 2 atom stereocenters. The minimum absolute atomic E-state index is 0.219. The van der Waals surface area contributed by atoms with E-state index in [2.05, 4.69) is 4.72 Å². The van der Waals surface area contributed by atoms with Gasteiger partial charge < -0.3 is 4.74 Å². The van der Waals surface area contributed by atoms with Crippen LogP contribution >= 0.6 is 0 Å². The summed E-state index contributed by atoms with van der Waals surface area (Å²) in [6.45, 7) is 0.777. The monoisotopic (exact) mass is 287 g/mol. The van der Waals surface area contributed by atoms with Gasteiger partial charge in [0.2, 0.25) is 10.0 Å². The lowest BCUT2D eigenvalue weighted by Crippen LogP contribution is -2.43. The van der Waals surface area contributed by atoms with Gasteiger partial charge in [-0.1, -0.05) is 18.2 Å². The minimum atomic E-state index is -3.36. The van der Waals surface area contributed by atoms with E-state index in [0.717, 1.165) is 0 Å². The van der Waals surface area contributed by atoms with Crippen LogP contribution in [0.25, 0.3) is 0 Å². The number of ether oxygens (including phenoxy) is 1. The Morgan fingerprint density at radius 2 is 2.16 bits per heavy atom. The Bertz CT molecular complexity index is 532. The van der Waals surface area contributed by atoms with Gasteiger partial charge in [-0.05, 0) is 31.5 Å². The molecule has 0 saturated carbocycles. The van der Waals surface area contributed by atoms with Gasteiger partial charge in [0.25, 0.3) is 0 Å². The first-order chi connectivity index (χ1) is 9.04. The average molecular weight is 287 g/mol. The molecule has 1 aromatic carbocycles. The third-order valence-corrected chi connectivity index (χ3v) is 5.51. The number of hydrogen-bond donors (Lipinski definition) is 1. The molecular weight excluding hydrogens is 269 g/mol. The molecule has 0 aliphatic carbocycles. The van der Waals surface area contributed by atoms with Crippen LogP contribution in [0.2, 0.25) is 0 Å². The molecule has 2 rings (SSSR count). The summed E-state index contributed by atoms with van der Waals surface area (Å²) >= 11 is 0. The average Bonchev–Trinajstić information content (AvgIpc) is 2.42. The number of nitrogens with one attached hydrogen (secondary N) is 1. The van der Waals surface area contributed by atoms with Crippen LogP contribution in [0.1, 0.15) is 12.0 Å². The van der Waals surface area contributed by atoms with E-state index in [0.29, 0.717) is 31.6 Å². The van der Waals surface area contributed by atoms with Crippen molar-refractivity contribution in [3.05, 3.63) is 35.6 Å². The number of halogens is 1. The molecule has 0 aromatic heterocycles. The van der Waals surface area contributed by atoms with Gasteiger partial charge in [-0.25, -0.2) is 17.5 Å². The first-order valence-corrected chi connectivity index (χ1v) is 7.82. The van der Waals surface area contributed by atoms with Crippen LogP contribution < -0.4 is 4.72 Å². The minimum Gasteiger partial charge on any atom is -0.381 e. The maximum absolute atomic E-state index is 13.6. The molecule has 1 N–H and O–H groups in total. The Morgan fingerprint density at radius 1 is 1.42 bits per heavy atom. The van der Waals surface area contributed by atoms with Crippen molar-refractivity contribution < 1.29 is 17.5 Å². The molecule has 106 valence electrons. The zero-order valence-electron chi connectivity index (χ0n) is 10.8. The Hall–Kier alpha value is -0.980. The number of benzene rings is 1. The Balaban J connectivity index is 2.19. The fraction of sp³-hybridized carbons (Fsp3) is 0.538. The van der Waals surface area contributed by atoms with Crippen molar-refractivity contribution in [2.24, 2.45) is 5.92 Å². The highest BCUT2D eigenvalue weighted by Gasteiger charge is 2.35. The highest BCUT2D eigenvalue weighted by Crippen LogP contribution is 2.25. The van der Waals surface area contributed by atoms with E-state index in [1.54, 1.807) is 18.2 Å². The highest BCUT2D eigenvalue weighted by atomic mass is 32.2. The molecule has 1 fully saturated rings. The van der Waals surface area contributed by atoms with E-state index >= 15 is 0 Å². The lowest BCUT2D eigenvalue weighted by atomic mass is 9.93. The molecule has 1 saturated heterocycles. The van der Waals surface area contributed by atoms with Crippen molar-refractivity contribution in [3.8, 4) is 0 Å². The zero-order valence-corrected chi connectivity index (χ0v) is 11.6.